The number of ether oxygens (including phenoxy) is 3. The zero-order valence-corrected chi connectivity index (χ0v) is 28.9. The number of hydrogen-bond donors (Lipinski definition) is 1. The Hall–Kier alpha value is -4.97. The van der Waals surface area contributed by atoms with Crippen LogP contribution in [-0.4, -0.2) is 69.3 Å². The summed E-state index contributed by atoms with van der Waals surface area (Å²) in [4.78, 5) is 25.6. The molecule has 0 bridgehead atoms. The van der Waals surface area contributed by atoms with Crippen molar-refractivity contribution in [1.29, 1.82) is 0 Å². The standard InChI is InChI=1S/C38H42FN7O4/c1-37(2,3)50-36(47)41-32-29-21-27(39)8-7-26(29)22-38(32)13-16-44(17-14-38)35-42-34-30(33-40-15-18-45(33)35)31(25-11-19-49-20-12-25)43-46(34)23-24-5-9-28(48-4)10-6-24/h5-11,15,18,21,32H,12-14,16-17,19-20,22-23H2,1-4H3,(H,41,47)/t32-/m1/s1. The highest BCUT2D eigenvalue weighted by Crippen LogP contribution is 2.52. The number of aromatic nitrogens is 5. The van der Waals surface area contributed by atoms with Crippen molar-refractivity contribution in [2.45, 2.75) is 64.6 Å². The van der Waals surface area contributed by atoms with E-state index in [1.54, 1.807) is 13.2 Å². The number of halogens is 1. The van der Waals surface area contributed by atoms with Crippen molar-refractivity contribution < 1.29 is 23.4 Å². The third-order valence-corrected chi connectivity index (χ3v) is 10.2. The Morgan fingerprint density at radius 3 is 2.64 bits per heavy atom. The van der Waals surface area contributed by atoms with Gasteiger partial charge in [0.25, 0.3) is 0 Å². The first-order chi connectivity index (χ1) is 24.1. The van der Waals surface area contributed by atoms with Crippen LogP contribution in [0.25, 0.3) is 22.3 Å². The smallest absolute Gasteiger partial charge is 0.408 e. The topological polar surface area (TPSA) is 108 Å². The van der Waals surface area contributed by atoms with Gasteiger partial charge in [0.15, 0.2) is 11.3 Å². The molecule has 5 heterocycles. The Labute approximate surface area is 290 Å². The molecule has 3 aliphatic rings. The number of amides is 1. The first kappa shape index (κ1) is 32.2. The molecule has 3 aromatic heterocycles. The molecule has 11 nitrogen and oxygen atoms in total. The van der Waals surface area contributed by atoms with E-state index in [1.807, 2.05) is 68.2 Å². The van der Waals surface area contributed by atoms with Crippen LogP contribution in [0.5, 0.6) is 5.75 Å². The number of piperidine rings is 1. The number of anilines is 1. The van der Waals surface area contributed by atoms with Gasteiger partial charge in [-0.05, 0) is 93.0 Å². The van der Waals surface area contributed by atoms with E-state index in [9.17, 15) is 9.18 Å². The summed E-state index contributed by atoms with van der Waals surface area (Å²) in [7, 11) is 1.66. The number of benzene rings is 2. The predicted octanol–water partition coefficient (Wildman–Crippen LogP) is 6.49. The SMILES string of the molecule is COc1ccc(Cn2nc(C3=CCOCC3)c3c2nc(N2CCC4(CC2)Cc2ccc(F)cc2[C@H]4NC(=O)OC(C)(C)C)n2ccnc32)cc1. The average molecular weight is 680 g/mol. The maximum absolute atomic E-state index is 14.6. The van der Waals surface area contributed by atoms with Gasteiger partial charge in [0.1, 0.15) is 22.9 Å². The molecule has 1 saturated heterocycles. The van der Waals surface area contributed by atoms with E-state index in [4.69, 9.17) is 29.3 Å². The van der Waals surface area contributed by atoms with Gasteiger partial charge in [-0.15, -0.1) is 0 Å². The molecule has 8 rings (SSSR count). The van der Waals surface area contributed by atoms with Crippen molar-refractivity contribution in [2.75, 3.05) is 38.3 Å². The van der Waals surface area contributed by atoms with Gasteiger partial charge < -0.3 is 24.4 Å². The molecule has 1 fully saturated rings. The third-order valence-electron chi connectivity index (χ3n) is 10.2. The second kappa shape index (κ2) is 12.4. The number of carbonyl (C=O) groups is 1. The van der Waals surface area contributed by atoms with Crippen molar-refractivity contribution >= 4 is 34.3 Å². The van der Waals surface area contributed by atoms with Crippen molar-refractivity contribution in [3.8, 4) is 5.75 Å². The second-order valence-electron chi connectivity index (χ2n) is 14.6. The molecule has 0 saturated carbocycles. The normalized spacial score (nSPS) is 18.8. The van der Waals surface area contributed by atoms with Gasteiger partial charge >= 0.3 is 6.09 Å². The fourth-order valence-corrected chi connectivity index (χ4v) is 7.86. The van der Waals surface area contributed by atoms with Crippen molar-refractivity contribution in [3.63, 3.8) is 0 Å². The average Bonchev–Trinajstić information content (AvgIpc) is 3.80. The van der Waals surface area contributed by atoms with Crippen LogP contribution in [0.15, 0.2) is 60.9 Å². The minimum absolute atomic E-state index is 0.291. The molecule has 1 amide bonds. The van der Waals surface area contributed by atoms with Crippen molar-refractivity contribution in [3.05, 3.63) is 89.1 Å². The fourth-order valence-electron chi connectivity index (χ4n) is 7.86. The van der Waals surface area contributed by atoms with E-state index in [1.165, 1.54) is 6.07 Å². The lowest BCUT2D eigenvalue weighted by Crippen LogP contribution is -2.48. The summed E-state index contributed by atoms with van der Waals surface area (Å²) in [6.07, 6.45) is 8.44. The zero-order valence-electron chi connectivity index (χ0n) is 28.9. The fraction of sp³-hybridized carbons (Fsp3) is 0.421. The number of rotatable bonds is 6. The van der Waals surface area contributed by atoms with Gasteiger partial charge in [-0.25, -0.2) is 18.9 Å². The summed E-state index contributed by atoms with van der Waals surface area (Å²) >= 11 is 0. The van der Waals surface area contributed by atoms with Crippen LogP contribution < -0.4 is 15.0 Å². The number of alkyl carbamates (subject to hydrolysis) is 1. The van der Waals surface area contributed by atoms with Crippen LogP contribution in [0.4, 0.5) is 15.1 Å². The number of fused-ring (bicyclic) bond motifs is 4. The molecule has 2 aromatic carbocycles. The number of imidazole rings is 1. The summed E-state index contributed by atoms with van der Waals surface area (Å²) in [5.41, 5.74) is 5.63. The van der Waals surface area contributed by atoms with E-state index in [0.717, 1.165) is 82.0 Å². The summed E-state index contributed by atoms with van der Waals surface area (Å²) in [6.45, 7) is 8.64. The first-order valence-electron chi connectivity index (χ1n) is 17.3. The van der Waals surface area contributed by atoms with Gasteiger partial charge in [-0.2, -0.15) is 10.1 Å². The molecular weight excluding hydrogens is 637 g/mol. The molecule has 1 spiro atoms. The summed E-state index contributed by atoms with van der Waals surface area (Å²) < 4.78 is 35.3. The maximum Gasteiger partial charge on any atom is 0.408 e. The Kier molecular flexibility index (Phi) is 8.01. The molecule has 12 heteroatoms. The van der Waals surface area contributed by atoms with Gasteiger partial charge in [0, 0.05) is 30.9 Å². The number of methoxy groups -OCH3 is 1. The maximum atomic E-state index is 14.6. The highest BCUT2D eigenvalue weighted by Gasteiger charge is 2.49. The van der Waals surface area contributed by atoms with Crippen LogP contribution in [0.1, 0.15) is 68.5 Å². The van der Waals surface area contributed by atoms with E-state index in [-0.39, 0.29) is 17.3 Å². The summed E-state index contributed by atoms with van der Waals surface area (Å²) in [5, 5.41) is 9.23. The van der Waals surface area contributed by atoms with Gasteiger partial charge in [0.05, 0.1) is 38.3 Å². The van der Waals surface area contributed by atoms with Crippen LogP contribution >= 0.6 is 0 Å². The highest BCUT2D eigenvalue weighted by molar-refractivity contribution is 5.99. The van der Waals surface area contributed by atoms with Crippen LogP contribution in [0.2, 0.25) is 0 Å². The quantitative estimate of drug-likeness (QED) is 0.217. The lowest BCUT2D eigenvalue weighted by atomic mass is 9.73. The minimum atomic E-state index is -0.647. The van der Waals surface area contributed by atoms with E-state index in [0.29, 0.717) is 32.8 Å². The molecule has 1 N–H and O–H groups in total. The molecule has 260 valence electrons. The Balaban J connectivity index is 1.15. The summed E-state index contributed by atoms with van der Waals surface area (Å²) in [5.74, 6) is 1.28. The largest absolute Gasteiger partial charge is 0.497 e. The van der Waals surface area contributed by atoms with Gasteiger partial charge in [-0.1, -0.05) is 24.3 Å². The molecule has 2 aliphatic heterocycles. The predicted molar refractivity (Wildman–Crippen MR) is 188 cm³/mol. The lowest BCUT2D eigenvalue weighted by Gasteiger charge is -2.43. The van der Waals surface area contributed by atoms with E-state index in [2.05, 4.69) is 20.7 Å². The molecule has 1 atom stereocenters. The van der Waals surface area contributed by atoms with Crippen molar-refractivity contribution in [2.24, 2.45) is 5.41 Å². The van der Waals surface area contributed by atoms with Crippen molar-refractivity contribution in [1.82, 2.24) is 29.5 Å². The Bertz CT molecular complexity index is 2110. The number of carbonyl (C=O) groups excluding carboxylic acids is 1. The van der Waals surface area contributed by atoms with E-state index >= 15 is 0 Å². The summed E-state index contributed by atoms with van der Waals surface area (Å²) in [6, 6.07) is 12.6. The molecular formula is C38H42FN7O4. The minimum Gasteiger partial charge on any atom is -0.497 e. The highest BCUT2D eigenvalue weighted by atomic mass is 19.1. The first-order valence-corrected chi connectivity index (χ1v) is 17.3. The number of nitrogens with one attached hydrogen (secondary N) is 1. The number of hydrogen-bond acceptors (Lipinski definition) is 8. The lowest BCUT2D eigenvalue weighted by molar-refractivity contribution is 0.0427. The Morgan fingerprint density at radius 2 is 1.92 bits per heavy atom. The molecule has 5 aromatic rings. The van der Waals surface area contributed by atoms with Gasteiger partial charge in [0.2, 0.25) is 5.95 Å². The molecule has 50 heavy (non-hydrogen) atoms. The van der Waals surface area contributed by atoms with Crippen LogP contribution in [0.3, 0.4) is 0 Å². The van der Waals surface area contributed by atoms with Gasteiger partial charge in [-0.3, -0.25) is 4.40 Å². The van der Waals surface area contributed by atoms with Crippen LogP contribution in [0, 0.1) is 11.2 Å². The molecule has 1 aliphatic carbocycles. The Morgan fingerprint density at radius 1 is 1.12 bits per heavy atom. The monoisotopic (exact) mass is 679 g/mol. The molecule has 0 radical (unpaired) electrons. The second-order valence-corrected chi connectivity index (χ2v) is 14.6. The van der Waals surface area contributed by atoms with Crippen LogP contribution in [-0.2, 0) is 22.4 Å². The zero-order chi connectivity index (χ0) is 34.6. The third kappa shape index (κ3) is 5.85. The number of nitrogens with zero attached hydrogens (tertiary/aromatic N) is 6. The molecule has 0 unspecified atom stereocenters. The van der Waals surface area contributed by atoms with E-state index < -0.39 is 11.7 Å².